The van der Waals surface area contributed by atoms with Gasteiger partial charge in [-0.1, -0.05) is 72.4 Å². The third-order valence-corrected chi connectivity index (χ3v) is 5.02. The van der Waals surface area contributed by atoms with E-state index in [1.165, 1.54) is 9.79 Å². The quantitative estimate of drug-likeness (QED) is 0.706. The highest BCUT2D eigenvalue weighted by atomic mass is 32.2. The van der Waals surface area contributed by atoms with E-state index in [0.717, 1.165) is 11.1 Å². The highest BCUT2D eigenvalue weighted by Crippen LogP contribution is 2.32. The minimum absolute atomic E-state index is 0.105. The maximum absolute atomic E-state index is 10.4. The van der Waals surface area contributed by atoms with Gasteiger partial charge in [0.1, 0.15) is 0 Å². The van der Waals surface area contributed by atoms with E-state index in [0.29, 0.717) is 0 Å². The monoisotopic (exact) mass is 335 g/mol. The second kappa shape index (κ2) is 8.15. The van der Waals surface area contributed by atoms with E-state index in [1.54, 1.807) is 11.8 Å². The molecule has 3 heteroatoms. The van der Waals surface area contributed by atoms with E-state index >= 15 is 0 Å². The van der Waals surface area contributed by atoms with Gasteiger partial charge in [0, 0.05) is 22.3 Å². The Morgan fingerprint density at radius 2 is 1.21 bits per heavy atom. The van der Waals surface area contributed by atoms with Crippen molar-refractivity contribution < 1.29 is 5.11 Å². The van der Waals surface area contributed by atoms with Crippen LogP contribution in [0.3, 0.4) is 0 Å². The van der Waals surface area contributed by atoms with Crippen LogP contribution in [0.25, 0.3) is 0 Å². The number of hydrogen-bond donors (Lipinski definition) is 2. The first-order valence-corrected chi connectivity index (χ1v) is 8.85. The molecule has 0 aliphatic heterocycles. The maximum Gasteiger partial charge on any atom is 0.0771 e. The number of aliphatic hydroxyl groups excluding tert-OH is 1. The Hall–Kier alpha value is -2.07. The van der Waals surface area contributed by atoms with Gasteiger partial charge in [-0.05, 0) is 35.4 Å². The summed E-state index contributed by atoms with van der Waals surface area (Å²) in [6.45, 7) is 0.236. The summed E-state index contributed by atoms with van der Waals surface area (Å²) in [4.78, 5) is 2.39. The standard InChI is InChI=1S/C21H21NOS/c22-15-20(23)21(16-7-3-1-4-8-16)17-11-13-19(14-12-17)24-18-9-5-2-6-10-18/h1-14,20-21,23H,15,22H2. The Bertz CT molecular complexity index is 744. The van der Waals surface area contributed by atoms with Crippen molar-refractivity contribution >= 4 is 11.8 Å². The Kier molecular flexibility index (Phi) is 5.70. The van der Waals surface area contributed by atoms with Crippen LogP contribution in [0.5, 0.6) is 0 Å². The lowest BCUT2D eigenvalue weighted by atomic mass is 9.86. The second-order valence-corrected chi connectivity index (χ2v) is 6.82. The molecule has 0 amide bonds. The number of nitrogens with two attached hydrogens (primary N) is 1. The molecule has 2 atom stereocenters. The van der Waals surface area contributed by atoms with E-state index in [1.807, 2.05) is 48.5 Å². The molecule has 122 valence electrons. The van der Waals surface area contributed by atoms with E-state index in [4.69, 9.17) is 5.73 Å². The summed E-state index contributed by atoms with van der Waals surface area (Å²) in [6, 6.07) is 28.7. The predicted octanol–water partition coefficient (Wildman–Crippen LogP) is 4.29. The summed E-state index contributed by atoms with van der Waals surface area (Å²) in [5, 5.41) is 10.4. The van der Waals surface area contributed by atoms with Crippen molar-refractivity contribution in [3.05, 3.63) is 96.1 Å². The van der Waals surface area contributed by atoms with Gasteiger partial charge < -0.3 is 10.8 Å². The molecule has 0 radical (unpaired) electrons. The molecular formula is C21H21NOS. The first-order valence-electron chi connectivity index (χ1n) is 8.04. The average Bonchev–Trinajstić information content (AvgIpc) is 2.65. The van der Waals surface area contributed by atoms with Crippen LogP contribution >= 0.6 is 11.8 Å². The topological polar surface area (TPSA) is 46.2 Å². The molecule has 0 saturated heterocycles. The smallest absolute Gasteiger partial charge is 0.0771 e. The molecule has 2 unspecified atom stereocenters. The van der Waals surface area contributed by atoms with Crippen LogP contribution in [-0.2, 0) is 0 Å². The molecule has 3 aromatic carbocycles. The Balaban J connectivity index is 1.84. The SMILES string of the molecule is NCC(O)C(c1ccccc1)c1ccc(Sc2ccccc2)cc1. The summed E-state index contributed by atoms with van der Waals surface area (Å²) >= 11 is 1.73. The summed E-state index contributed by atoms with van der Waals surface area (Å²) in [6.07, 6.45) is -0.597. The molecule has 24 heavy (non-hydrogen) atoms. The molecule has 0 bridgehead atoms. The van der Waals surface area contributed by atoms with Gasteiger partial charge in [-0.25, -0.2) is 0 Å². The third-order valence-electron chi connectivity index (χ3n) is 4.00. The molecule has 0 saturated carbocycles. The fourth-order valence-corrected chi connectivity index (χ4v) is 3.64. The zero-order chi connectivity index (χ0) is 16.8. The molecule has 3 rings (SSSR count). The fraction of sp³-hybridized carbons (Fsp3) is 0.143. The summed E-state index contributed by atoms with van der Waals surface area (Å²) in [5.41, 5.74) is 7.89. The van der Waals surface area contributed by atoms with Crippen molar-refractivity contribution in [1.29, 1.82) is 0 Å². The first kappa shape index (κ1) is 16.8. The number of hydrogen-bond acceptors (Lipinski definition) is 3. The fourth-order valence-electron chi connectivity index (χ4n) is 2.80. The Labute approximate surface area is 147 Å². The van der Waals surface area contributed by atoms with Crippen molar-refractivity contribution in [1.82, 2.24) is 0 Å². The maximum atomic E-state index is 10.4. The number of rotatable bonds is 6. The molecule has 0 aliphatic carbocycles. The number of benzene rings is 3. The predicted molar refractivity (Wildman–Crippen MR) is 100 cm³/mol. The van der Waals surface area contributed by atoms with Gasteiger partial charge in [-0.15, -0.1) is 0 Å². The van der Waals surface area contributed by atoms with Crippen LogP contribution in [0.4, 0.5) is 0 Å². The second-order valence-electron chi connectivity index (χ2n) is 5.68. The Morgan fingerprint density at radius 3 is 1.79 bits per heavy atom. The van der Waals surface area contributed by atoms with Crippen LogP contribution in [0.2, 0.25) is 0 Å². The lowest BCUT2D eigenvalue weighted by molar-refractivity contribution is 0.164. The van der Waals surface area contributed by atoms with E-state index in [-0.39, 0.29) is 12.5 Å². The van der Waals surface area contributed by atoms with Crippen LogP contribution in [0.1, 0.15) is 17.0 Å². The average molecular weight is 335 g/mol. The van der Waals surface area contributed by atoms with Gasteiger partial charge in [0.15, 0.2) is 0 Å². The van der Waals surface area contributed by atoms with Crippen molar-refractivity contribution in [3.8, 4) is 0 Å². The van der Waals surface area contributed by atoms with Gasteiger partial charge in [-0.2, -0.15) is 0 Å². The summed E-state index contributed by atoms with van der Waals surface area (Å²) < 4.78 is 0. The lowest BCUT2D eigenvalue weighted by Gasteiger charge is -2.23. The minimum atomic E-state index is -0.597. The molecule has 0 heterocycles. The zero-order valence-corrected chi connectivity index (χ0v) is 14.2. The van der Waals surface area contributed by atoms with Crippen molar-refractivity contribution in [2.24, 2.45) is 5.73 Å². The van der Waals surface area contributed by atoms with Crippen LogP contribution in [0, 0.1) is 0 Å². The molecule has 0 aromatic heterocycles. The molecule has 3 N–H and O–H groups in total. The van der Waals surface area contributed by atoms with Gasteiger partial charge in [0.05, 0.1) is 6.10 Å². The highest BCUT2D eigenvalue weighted by molar-refractivity contribution is 7.99. The highest BCUT2D eigenvalue weighted by Gasteiger charge is 2.21. The van der Waals surface area contributed by atoms with Gasteiger partial charge in [-0.3, -0.25) is 0 Å². The Morgan fingerprint density at radius 1 is 0.708 bits per heavy atom. The van der Waals surface area contributed by atoms with Crippen LogP contribution < -0.4 is 5.73 Å². The summed E-state index contributed by atoms with van der Waals surface area (Å²) in [5.74, 6) is -0.105. The molecule has 0 aliphatic rings. The molecular weight excluding hydrogens is 314 g/mol. The first-order chi connectivity index (χ1) is 11.8. The van der Waals surface area contributed by atoms with Crippen molar-refractivity contribution in [3.63, 3.8) is 0 Å². The molecule has 0 spiro atoms. The minimum Gasteiger partial charge on any atom is -0.391 e. The molecule has 2 nitrogen and oxygen atoms in total. The largest absolute Gasteiger partial charge is 0.391 e. The van der Waals surface area contributed by atoms with Gasteiger partial charge in [0.2, 0.25) is 0 Å². The van der Waals surface area contributed by atoms with E-state index in [2.05, 4.69) is 36.4 Å². The number of aliphatic hydroxyl groups is 1. The third kappa shape index (κ3) is 4.06. The van der Waals surface area contributed by atoms with Gasteiger partial charge >= 0.3 is 0 Å². The summed E-state index contributed by atoms with van der Waals surface area (Å²) in [7, 11) is 0. The zero-order valence-electron chi connectivity index (χ0n) is 13.4. The normalized spacial score (nSPS) is 13.4. The van der Waals surface area contributed by atoms with Gasteiger partial charge in [0.25, 0.3) is 0 Å². The molecule has 3 aromatic rings. The van der Waals surface area contributed by atoms with E-state index < -0.39 is 6.10 Å². The lowest BCUT2D eigenvalue weighted by Crippen LogP contribution is -2.28. The van der Waals surface area contributed by atoms with Crippen molar-refractivity contribution in [2.45, 2.75) is 21.8 Å². The van der Waals surface area contributed by atoms with E-state index in [9.17, 15) is 5.11 Å². The van der Waals surface area contributed by atoms with Crippen LogP contribution in [0.15, 0.2) is 94.7 Å². The van der Waals surface area contributed by atoms with Crippen LogP contribution in [-0.4, -0.2) is 17.8 Å². The molecule has 0 fully saturated rings. The van der Waals surface area contributed by atoms with Crippen molar-refractivity contribution in [2.75, 3.05) is 6.54 Å².